The fourth-order valence-corrected chi connectivity index (χ4v) is 3.49. The fourth-order valence-electron chi connectivity index (χ4n) is 2.39. The summed E-state index contributed by atoms with van der Waals surface area (Å²) >= 11 is 0. The van der Waals surface area contributed by atoms with Crippen molar-refractivity contribution in [2.75, 3.05) is 18.0 Å². The largest absolute Gasteiger partial charge is 0.372 e. The normalized spacial score (nSPS) is 11.8. The Hall–Kier alpha value is -2.14. The number of nitrogens with zero attached hydrogens (tertiary/aromatic N) is 2. The molecule has 122 valence electrons. The van der Waals surface area contributed by atoms with Gasteiger partial charge >= 0.3 is 0 Å². The van der Waals surface area contributed by atoms with Crippen LogP contribution in [0.2, 0.25) is 0 Å². The first-order valence-corrected chi connectivity index (χ1v) is 9.13. The van der Waals surface area contributed by atoms with E-state index in [4.69, 9.17) is 0 Å². The maximum atomic E-state index is 12.3. The number of hydrogen-bond donors (Lipinski definition) is 0. The zero-order chi connectivity index (χ0) is 16.9. The molecule has 23 heavy (non-hydrogen) atoms. The van der Waals surface area contributed by atoms with Crippen molar-refractivity contribution in [3.8, 4) is 0 Å². The van der Waals surface area contributed by atoms with Crippen LogP contribution in [0, 0.1) is 6.92 Å². The lowest BCUT2D eigenvalue weighted by atomic mass is 10.2. The molecule has 0 aliphatic carbocycles. The van der Waals surface area contributed by atoms with E-state index >= 15 is 0 Å². The monoisotopic (exact) mass is 330 g/mol. The average molecular weight is 330 g/mol. The van der Waals surface area contributed by atoms with E-state index in [9.17, 15) is 8.42 Å². The first-order valence-electron chi connectivity index (χ1n) is 7.69. The Morgan fingerprint density at radius 3 is 2.17 bits per heavy atom. The van der Waals surface area contributed by atoms with E-state index < -0.39 is 10.0 Å². The first kappa shape index (κ1) is 17.2. The molecule has 0 saturated heterocycles. The van der Waals surface area contributed by atoms with E-state index in [1.54, 1.807) is 25.1 Å². The van der Waals surface area contributed by atoms with Gasteiger partial charge in [-0.1, -0.05) is 30.3 Å². The maximum absolute atomic E-state index is 12.3. The Kier molecular flexibility index (Phi) is 5.55. The van der Waals surface area contributed by atoms with Crippen LogP contribution in [0.4, 0.5) is 5.69 Å². The van der Waals surface area contributed by atoms with Crippen LogP contribution < -0.4 is 4.90 Å². The van der Waals surface area contributed by atoms with Crippen molar-refractivity contribution in [2.45, 2.75) is 25.7 Å². The number of anilines is 1. The highest BCUT2D eigenvalue weighted by Gasteiger charge is 2.13. The minimum absolute atomic E-state index is 0.246. The first-order chi connectivity index (χ1) is 11.0. The third kappa shape index (κ3) is 4.20. The molecule has 0 N–H and O–H groups in total. The molecular formula is C18H22N2O2S. The number of benzene rings is 2. The topological polar surface area (TPSA) is 49.7 Å². The lowest BCUT2D eigenvalue weighted by Crippen LogP contribution is -2.21. The molecule has 0 radical (unpaired) electrons. The number of aryl methyl sites for hydroxylation is 1. The molecule has 2 aromatic rings. The van der Waals surface area contributed by atoms with Crippen molar-refractivity contribution in [1.82, 2.24) is 0 Å². The minimum atomic E-state index is -3.67. The third-order valence-corrected chi connectivity index (χ3v) is 5.13. The highest BCUT2D eigenvalue weighted by molar-refractivity contribution is 7.90. The maximum Gasteiger partial charge on any atom is 0.282 e. The summed E-state index contributed by atoms with van der Waals surface area (Å²) in [6.07, 6.45) is 1.40. The van der Waals surface area contributed by atoms with Crippen molar-refractivity contribution in [3.05, 3.63) is 59.7 Å². The Bertz CT molecular complexity index is 777. The Balaban J connectivity index is 2.22. The molecule has 2 aromatic carbocycles. The lowest BCUT2D eigenvalue weighted by Gasteiger charge is -2.20. The van der Waals surface area contributed by atoms with E-state index in [-0.39, 0.29) is 4.90 Å². The predicted octanol–water partition coefficient (Wildman–Crippen LogP) is 3.65. The van der Waals surface area contributed by atoms with Gasteiger partial charge in [0, 0.05) is 25.0 Å². The molecule has 5 heteroatoms. The fraction of sp³-hybridized carbons (Fsp3) is 0.278. The summed E-state index contributed by atoms with van der Waals surface area (Å²) in [6, 6.07) is 14.6. The van der Waals surface area contributed by atoms with E-state index in [1.807, 2.05) is 30.3 Å². The summed E-state index contributed by atoms with van der Waals surface area (Å²) in [4.78, 5) is 2.47. The molecular weight excluding hydrogens is 308 g/mol. The zero-order valence-corrected chi connectivity index (χ0v) is 14.5. The van der Waals surface area contributed by atoms with Gasteiger partial charge in [-0.25, -0.2) is 0 Å². The van der Waals surface area contributed by atoms with Crippen molar-refractivity contribution in [3.63, 3.8) is 0 Å². The molecule has 0 saturated carbocycles. The smallest absolute Gasteiger partial charge is 0.282 e. The standard InChI is InChI=1S/C18H22N2O2S/c1-4-20(5-2)17-12-10-16(11-13-17)14-19-23(21,22)18-9-7-6-8-15(18)3/h6-14H,4-5H2,1-3H3. The SMILES string of the molecule is CCN(CC)c1ccc(C=NS(=O)(=O)c2ccccc2C)cc1. The van der Waals surface area contributed by atoms with Gasteiger partial charge in [0.1, 0.15) is 0 Å². The molecule has 0 amide bonds. The number of hydrogen-bond acceptors (Lipinski definition) is 3. The molecule has 0 bridgehead atoms. The van der Waals surface area contributed by atoms with Gasteiger partial charge in [0.25, 0.3) is 10.0 Å². The summed E-state index contributed by atoms with van der Waals surface area (Å²) < 4.78 is 28.4. The van der Waals surface area contributed by atoms with Crippen LogP contribution in [0.15, 0.2) is 57.8 Å². The summed E-state index contributed by atoms with van der Waals surface area (Å²) in [6.45, 7) is 7.85. The van der Waals surface area contributed by atoms with Crippen molar-refractivity contribution in [2.24, 2.45) is 4.40 Å². The minimum Gasteiger partial charge on any atom is -0.372 e. The van der Waals surface area contributed by atoms with Gasteiger partial charge < -0.3 is 4.90 Å². The second kappa shape index (κ2) is 7.42. The third-order valence-electron chi connectivity index (χ3n) is 3.73. The molecule has 0 heterocycles. The van der Waals surface area contributed by atoms with E-state index in [1.165, 1.54) is 6.21 Å². The van der Waals surface area contributed by atoms with Crippen LogP contribution in [-0.4, -0.2) is 27.7 Å². The quantitative estimate of drug-likeness (QED) is 0.760. The van der Waals surface area contributed by atoms with Crippen LogP contribution >= 0.6 is 0 Å². The lowest BCUT2D eigenvalue weighted by molar-refractivity contribution is 0.597. The van der Waals surface area contributed by atoms with Gasteiger partial charge in [-0.2, -0.15) is 12.8 Å². The molecule has 0 atom stereocenters. The summed E-state index contributed by atoms with van der Waals surface area (Å²) in [5, 5.41) is 0. The van der Waals surface area contributed by atoms with E-state index in [0.717, 1.165) is 24.3 Å². The van der Waals surface area contributed by atoms with Gasteiger partial charge in [-0.3, -0.25) is 0 Å². The van der Waals surface area contributed by atoms with Crippen LogP contribution in [0.5, 0.6) is 0 Å². The second-order valence-corrected chi connectivity index (χ2v) is 6.84. The summed E-state index contributed by atoms with van der Waals surface area (Å²) in [5.41, 5.74) is 2.58. The summed E-state index contributed by atoms with van der Waals surface area (Å²) in [5.74, 6) is 0. The van der Waals surface area contributed by atoms with Gasteiger partial charge in [-0.05, 0) is 50.1 Å². The second-order valence-electron chi connectivity index (χ2n) is 5.24. The molecule has 4 nitrogen and oxygen atoms in total. The Morgan fingerprint density at radius 1 is 1.00 bits per heavy atom. The highest BCUT2D eigenvalue weighted by Crippen LogP contribution is 2.18. The average Bonchev–Trinajstić information content (AvgIpc) is 2.55. The zero-order valence-electron chi connectivity index (χ0n) is 13.7. The summed E-state index contributed by atoms with van der Waals surface area (Å²) in [7, 11) is -3.67. The molecule has 0 aliphatic heterocycles. The highest BCUT2D eigenvalue weighted by atomic mass is 32.2. The van der Waals surface area contributed by atoms with Crippen LogP contribution in [0.1, 0.15) is 25.0 Å². The van der Waals surface area contributed by atoms with Crippen molar-refractivity contribution >= 4 is 21.9 Å². The molecule has 0 unspecified atom stereocenters. The van der Waals surface area contributed by atoms with Crippen LogP contribution in [-0.2, 0) is 10.0 Å². The predicted molar refractivity (Wildman–Crippen MR) is 96.0 cm³/mol. The number of sulfonamides is 1. The molecule has 2 rings (SSSR count). The number of rotatable bonds is 6. The van der Waals surface area contributed by atoms with Crippen LogP contribution in [0.25, 0.3) is 0 Å². The van der Waals surface area contributed by atoms with Gasteiger partial charge in [-0.15, -0.1) is 0 Å². The Morgan fingerprint density at radius 2 is 1.61 bits per heavy atom. The van der Waals surface area contributed by atoms with Gasteiger partial charge in [0.2, 0.25) is 0 Å². The molecule has 0 spiro atoms. The van der Waals surface area contributed by atoms with E-state index in [0.29, 0.717) is 5.56 Å². The molecule has 0 aliphatic rings. The van der Waals surface area contributed by atoms with Gasteiger partial charge in [0.05, 0.1) is 4.90 Å². The van der Waals surface area contributed by atoms with Crippen molar-refractivity contribution in [1.29, 1.82) is 0 Å². The molecule has 0 fully saturated rings. The van der Waals surface area contributed by atoms with Crippen molar-refractivity contribution < 1.29 is 8.42 Å². The Labute approximate surface area is 138 Å². The van der Waals surface area contributed by atoms with Gasteiger partial charge in [0.15, 0.2) is 0 Å². The van der Waals surface area contributed by atoms with Crippen LogP contribution in [0.3, 0.4) is 0 Å². The van der Waals surface area contributed by atoms with E-state index in [2.05, 4.69) is 23.1 Å². The molecule has 0 aromatic heterocycles.